The van der Waals surface area contributed by atoms with Gasteiger partial charge in [-0.3, -0.25) is 9.59 Å². The number of carbonyl (C=O) groups is 2. The molecule has 2 heterocycles. The Hall–Kier alpha value is -2.15. The van der Waals surface area contributed by atoms with Crippen LogP contribution in [0.4, 0.5) is 0 Å². The number of carboxylic acid groups (broad SMARTS) is 1. The molecule has 24 heavy (non-hydrogen) atoms. The number of oxazole rings is 1. The van der Waals surface area contributed by atoms with Gasteiger partial charge in [0.2, 0.25) is 11.8 Å². The van der Waals surface area contributed by atoms with Crippen LogP contribution in [0.3, 0.4) is 0 Å². The first-order valence-electron chi connectivity index (χ1n) is 7.86. The molecule has 130 valence electrons. The molecule has 0 aromatic carbocycles. The van der Waals surface area contributed by atoms with Gasteiger partial charge in [-0.1, -0.05) is 19.9 Å². The summed E-state index contributed by atoms with van der Waals surface area (Å²) >= 11 is 1.52. The lowest BCUT2D eigenvalue weighted by molar-refractivity contribution is -0.142. The van der Waals surface area contributed by atoms with Gasteiger partial charge in [-0.2, -0.15) is 0 Å². The molecule has 1 unspecified atom stereocenters. The van der Waals surface area contributed by atoms with Crippen LogP contribution in [-0.2, 0) is 16.0 Å². The van der Waals surface area contributed by atoms with E-state index in [4.69, 9.17) is 4.42 Å². The summed E-state index contributed by atoms with van der Waals surface area (Å²) in [6.45, 7) is 5.82. The number of aliphatic carboxylic acids is 1. The predicted molar refractivity (Wildman–Crippen MR) is 91.8 cm³/mol. The van der Waals surface area contributed by atoms with Gasteiger partial charge in [0.25, 0.3) is 0 Å². The molecule has 0 radical (unpaired) electrons. The number of aryl methyl sites for hydroxylation is 1. The van der Waals surface area contributed by atoms with Gasteiger partial charge < -0.3 is 14.8 Å². The van der Waals surface area contributed by atoms with Gasteiger partial charge in [-0.25, -0.2) is 4.98 Å². The Morgan fingerprint density at radius 1 is 1.42 bits per heavy atom. The molecule has 2 rings (SSSR count). The predicted octanol–water partition coefficient (Wildman–Crippen LogP) is 3.12. The highest BCUT2D eigenvalue weighted by atomic mass is 32.1. The van der Waals surface area contributed by atoms with Gasteiger partial charge >= 0.3 is 5.97 Å². The topological polar surface area (TPSA) is 92.4 Å². The zero-order valence-electron chi connectivity index (χ0n) is 14.0. The van der Waals surface area contributed by atoms with E-state index in [1.54, 1.807) is 6.92 Å². The SMILES string of the molecule is Cc1oc(-c2cccs2)nc1CC(=O)NCC(CC(C)C)C(=O)O. The minimum absolute atomic E-state index is 0.0781. The highest BCUT2D eigenvalue weighted by molar-refractivity contribution is 7.13. The van der Waals surface area contributed by atoms with Crippen LogP contribution < -0.4 is 5.32 Å². The molecule has 1 atom stereocenters. The number of amides is 1. The Morgan fingerprint density at radius 2 is 2.17 bits per heavy atom. The van der Waals surface area contributed by atoms with Crippen molar-refractivity contribution in [1.29, 1.82) is 0 Å². The number of carboxylic acids is 1. The maximum absolute atomic E-state index is 12.1. The molecule has 0 aliphatic carbocycles. The van der Waals surface area contributed by atoms with Gasteiger partial charge in [0.05, 0.1) is 22.9 Å². The first kappa shape index (κ1) is 18.2. The van der Waals surface area contributed by atoms with Crippen molar-refractivity contribution in [3.05, 3.63) is 29.0 Å². The Kier molecular flexibility index (Phi) is 6.14. The van der Waals surface area contributed by atoms with Crippen LogP contribution in [0.2, 0.25) is 0 Å². The summed E-state index contributed by atoms with van der Waals surface area (Å²) in [5, 5.41) is 13.8. The second-order valence-electron chi connectivity index (χ2n) is 6.14. The van der Waals surface area contributed by atoms with Gasteiger partial charge in [0, 0.05) is 6.54 Å². The normalized spacial score (nSPS) is 12.3. The van der Waals surface area contributed by atoms with E-state index in [-0.39, 0.29) is 24.8 Å². The molecular weight excluding hydrogens is 328 g/mol. The molecule has 0 saturated heterocycles. The van der Waals surface area contributed by atoms with Crippen molar-refractivity contribution in [2.45, 2.75) is 33.6 Å². The molecular formula is C17H22N2O4S. The molecule has 2 N–H and O–H groups in total. The third-order valence-electron chi connectivity index (χ3n) is 3.60. The molecule has 0 spiro atoms. The molecule has 1 amide bonds. The zero-order chi connectivity index (χ0) is 17.7. The lowest BCUT2D eigenvalue weighted by Gasteiger charge is -2.15. The minimum atomic E-state index is -0.887. The fourth-order valence-electron chi connectivity index (χ4n) is 2.39. The first-order valence-corrected chi connectivity index (χ1v) is 8.74. The average Bonchev–Trinajstić information content (AvgIpc) is 3.13. The number of hydrogen-bond donors (Lipinski definition) is 2. The fourth-order valence-corrected chi connectivity index (χ4v) is 3.04. The van der Waals surface area contributed by atoms with Crippen LogP contribution in [0, 0.1) is 18.8 Å². The van der Waals surface area contributed by atoms with Gasteiger partial charge in [0.15, 0.2) is 0 Å². The van der Waals surface area contributed by atoms with Crippen LogP contribution in [0.15, 0.2) is 21.9 Å². The van der Waals surface area contributed by atoms with Crippen molar-refractivity contribution in [2.24, 2.45) is 11.8 Å². The molecule has 7 heteroatoms. The molecule has 0 bridgehead atoms. The molecule has 0 saturated carbocycles. The van der Waals surface area contributed by atoms with Gasteiger partial charge in [-0.05, 0) is 30.7 Å². The van der Waals surface area contributed by atoms with Crippen molar-refractivity contribution in [1.82, 2.24) is 10.3 Å². The summed E-state index contributed by atoms with van der Waals surface area (Å²) < 4.78 is 5.60. The summed E-state index contributed by atoms with van der Waals surface area (Å²) in [5.74, 6) is -0.344. The fraction of sp³-hybridized carbons (Fsp3) is 0.471. The smallest absolute Gasteiger partial charge is 0.308 e. The monoisotopic (exact) mass is 350 g/mol. The Labute approximate surface area is 144 Å². The minimum Gasteiger partial charge on any atom is -0.481 e. The van der Waals surface area contributed by atoms with Gasteiger partial charge in [0.1, 0.15) is 5.76 Å². The Morgan fingerprint density at radius 3 is 2.75 bits per heavy atom. The number of nitrogens with one attached hydrogen (secondary N) is 1. The van der Waals surface area contributed by atoms with E-state index >= 15 is 0 Å². The third-order valence-corrected chi connectivity index (χ3v) is 4.46. The number of rotatable bonds is 8. The summed E-state index contributed by atoms with van der Waals surface area (Å²) in [4.78, 5) is 28.6. The van der Waals surface area contributed by atoms with E-state index in [1.807, 2.05) is 31.4 Å². The maximum atomic E-state index is 12.1. The highest BCUT2D eigenvalue weighted by Crippen LogP contribution is 2.26. The number of thiophene rings is 1. The van der Waals surface area contributed by atoms with Crippen molar-refractivity contribution in [3.8, 4) is 10.8 Å². The average molecular weight is 350 g/mol. The number of nitrogens with zero attached hydrogens (tertiary/aromatic N) is 1. The first-order chi connectivity index (χ1) is 11.4. The molecule has 2 aromatic rings. The maximum Gasteiger partial charge on any atom is 0.308 e. The number of carbonyl (C=O) groups excluding carboxylic acids is 1. The van der Waals surface area contributed by atoms with Gasteiger partial charge in [-0.15, -0.1) is 11.3 Å². The molecule has 0 fully saturated rings. The quantitative estimate of drug-likeness (QED) is 0.763. The van der Waals surface area contributed by atoms with Crippen LogP contribution in [0.1, 0.15) is 31.7 Å². The summed E-state index contributed by atoms with van der Waals surface area (Å²) in [6, 6.07) is 3.82. The van der Waals surface area contributed by atoms with Crippen molar-refractivity contribution in [2.75, 3.05) is 6.54 Å². The van der Waals surface area contributed by atoms with Crippen molar-refractivity contribution in [3.63, 3.8) is 0 Å². The second-order valence-corrected chi connectivity index (χ2v) is 7.09. The summed E-state index contributed by atoms with van der Waals surface area (Å²) in [6.07, 6.45) is 0.607. The van der Waals surface area contributed by atoms with E-state index in [9.17, 15) is 14.7 Å². The lowest BCUT2D eigenvalue weighted by atomic mass is 9.97. The number of hydrogen-bond acceptors (Lipinski definition) is 5. The Bertz CT molecular complexity index is 692. The standard InChI is InChI=1S/C17H22N2O4S/c1-10(2)7-12(17(21)22)9-18-15(20)8-13-11(3)23-16(19-13)14-5-4-6-24-14/h4-6,10,12H,7-9H2,1-3H3,(H,18,20)(H,21,22). The Balaban J connectivity index is 1.94. The third kappa shape index (κ3) is 4.92. The highest BCUT2D eigenvalue weighted by Gasteiger charge is 2.21. The van der Waals surface area contributed by atoms with E-state index in [2.05, 4.69) is 10.3 Å². The molecule has 0 aliphatic rings. The van der Waals surface area contributed by atoms with E-state index in [0.717, 1.165) is 4.88 Å². The van der Waals surface area contributed by atoms with Crippen LogP contribution in [-0.4, -0.2) is 28.5 Å². The zero-order valence-corrected chi connectivity index (χ0v) is 14.9. The number of aromatic nitrogens is 1. The van der Waals surface area contributed by atoms with Crippen molar-refractivity contribution >= 4 is 23.2 Å². The van der Waals surface area contributed by atoms with Crippen molar-refractivity contribution < 1.29 is 19.1 Å². The van der Waals surface area contributed by atoms with Crippen LogP contribution in [0.25, 0.3) is 10.8 Å². The molecule has 6 nitrogen and oxygen atoms in total. The summed E-state index contributed by atoms with van der Waals surface area (Å²) in [7, 11) is 0. The lowest BCUT2D eigenvalue weighted by Crippen LogP contribution is -2.34. The van der Waals surface area contributed by atoms with E-state index < -0.39 is 11.9 Å². The largest absolute Gasteiger partial charge is 0.481 e. The van der Waals surface area contributed by atoms with Crippen LogP contribution >= 0.6 is 11.3 Å². The van der Waals surface area contributed by atoms with E-state index in [0.29, 0.717) is 23.8 Å². The van der Waals surface area contributed by atoms with Crippen LogP contribution in [0.5, 0.6) is 0 Å². The second kappa shape index (κ2) is 8.10. The molecule has 0 aliphatic heterocycles. The molecule has 2 aromatic heterocycles. The summed E-state index contributed by atoms with van der Waals surface area (Å²) in [5.41, 5.74) is 0.576. The van der Waals surface area contributed by atoms with E-state index in [1.165, 1.54) is 11.3 Å².